The van der Waals surface area contributed by atoms with E-state index in [1.807, 2.05) is 11.8 Å². The third-order valence-electron chi connectivity index (χ3n) is 5.33. The first-order valence-corrected chi connectivity index (χ1v) is 10.3. The second-order valence-electron chi connectivity index (χ2n) is 7.73. The third-order valence-corrected chi connectivity index (χ3v) is 5.33. The Morgan fingerprint density at radius 3 is 2.29 bits per heavy atom. The fraction of sp³-hybridized carbons (Fsp3) is 0.571. The fourth-order valence-electron chi connectivity index (χ4n) is 3.82. The van der Waals surface area contributed by atoms with E-state index in [4.69, 9.17) is 0 Å². The van der Waals surface area contributed by atoms with E-state index < -0.39 is 0 Å². The molecule has 7 nitrogen and oxygen atoms in total. The molecule has 2 aliphatic rings. The number of nitrogens with zero attached hydrogens (tertiary/aromatic N) is 2. The van der Waals surface area contributed by atoms with Crippen LogP contribution in [-0.2, 0) is 4.79 Å². The zero-order valence-electron chi connectivity index (χ0n) is 16.6. The summed E-state index contributed by atoms with van der Waals surface area (Å²) in [6, 6.07) is 6.57. The van der Waals surface area contributed by atoms with Crippen LogP contribution >= 0.6 is 0 Å². The average molecular weight is 386 g/mol. The molecule has 0 saturated carbocycles. The lowest BCUT2D eigenvalue weighted by molar-refractivity contribution is -0.127. The highest BCUT2D eigenvalue weighted by Crippen LogP contribution is 2.16. The van der Waals surface area contributed by atoms with Crippen LogP contribution in [0.3, 0.4) is 0 Å². The van der Waals surface area contributed by atoms with Crippen LogP contribution in [0.15, 0.2) is 24.3 Å². The Morgan fingerprint density at radius 2 is 1.68 bits per heavy atom. The second kappa shape index (κ2) is 9.57. The van der Waals surface area contributed by atoms with Gasteiger partial charge in [0.25, 0.3) is 5.91 Å². The molecule has 2 N–H and O–H groups in total. The number of nitrogens with one attached hydrogen (secondary N) is 2. The minimum absolute atomic E-state index is 0.0572. The van der Waals surface area contributed by atoms with Crippen molar-refractivity contribution < 1.29 is 14.4 Å². The van der Waals surface area contributed by atoms with Crippen LogP contribution in [-0.4, -0.2) is 59.9 Å². The molecule has 2 aliphatic heterocycles. The van der Waals surface area contributed by atoms with Gasteiger partial charge in [-0.3, -0.25) is 9.59 Å². The predicted octanol–water partition coefficient (Wildman–Crippen LogP) is 2.84. The lowest BCUT2D eigenvalue weighted by Gasteiger charge is -2.22. The number of likely N-dealkylation sites (tertiary alicyclic amines) is 2. The molecule has 2 fully saturated rings. The van der Waals surface area contributed by atoms with Gasteiger partial charge < -0.3 is 20.4 Å². The summed E-state index contributed by atoms with van der Waals surface area (Å²) < 4.78 is 0. The van der Waals surface area contributed by atoms with Gasteiger partial charge in [-0.1, -0.05) is 12.8 Å². The lowest BCUT2D eigenvalue weighted by Crippen LogP contribution is -2.44. The molecule has 1 aromatic carbocycles. The van der Waals surface area contributed by atoms with Gasteiger partial charge >= 0.3 is 6.03 Å². The van der Waals surface area contributed by atoms with Crippen molar-refractivity contribution in [2.24, 2.45) is 0 Å². The highest BCUT2D eigenvalue weighted by Gasteiger charge is 2.22. The van der Waals surface area contributed by atoms with E-state index in [1.54, 1.807) is 29.2 Å². The molecular weight excluding hydrogens is 356 g/mol. The molecule has 4 amide bonds. The number of anilines is 1. The first kappa shape index (κ1) is 20.2. The molecular formula is C21H30N4O3. The summed E-state index contributed by atoms with van der Waals surface area (Å²) >= 11 is 0. The molecule has 0 aromatic heterocycles. The highest BCUT2D eigenvalue weighted by molar-refractivity contribution is 5.95. The Balaban J connectivity index is 1.48. The standard InChI is InChI=1S/C21H30N4O3/c1-16(15-25-14-6-7-19(25)26)22-21(28)23-18-10-8-17(9-11-18)20(27)24-12-4-2-3-5-13-24/h8-11,16H,2-7,12-15H2,1H3,(H2,22,23,28). The lowest BCUT2D eigenvalue weighted by atomic mass is 10.1. The van der Waals surface area contributed by atoms with Crippen molar-refractivity contribution in [1.82, 2.24) is 15.1 Å². The number of hydrogen-bond donors (Lipinski definition) is 2. The Hall–Kier alpha value is -2.57. The van der Waals surface area contributed by atoms with E-state index in [-0.39, 0.29) is 23.9 Å². The SMILES string of the molecule is CC(CN1CCCC1=O)NC(=O)Nc1ccc(C(=O)N2CCCCCC2)cc1. The van der Waals surface area contributed by atoms with Crippen LogP contribution in [0.1, 0.15) is 55.8 Å². The van der Waals surface area contributed by atoms with Gasteiger partial charge in [-0.15, -0.1) is 0 Å². The van der Waals surface area contributed by atoms with Crippen molar-refractivity contribution >= 4 is 23.5 Å². The number of rotatable bonds is 5. The van der Waals surface area contributed by atoms with Gasteiger partial charge in [0.05, 0.1) is 0 Å². The van der Waals surface area contributed by atoms with Crippen molar-refractivity contribution in [2.75, 3.05) is 31.5 Å². The van der Waals surface area contributed by atoms with E-state index in [1.165, 1.54) is 12.8 Å². The molecule has 152 valence electrons. The van der Waals surface area contributed by atoms with Gasteiger partial charge in [-0.25, -0.2) is 4.79 Å². The molecule has 0 spiro atoms. The van der Waals surface area contributed by atoms with Gasteiger partial charge in [0.2, 0.25) is 5.91 Å². The highest BCUT2D eigenvalue weighted by atomic mass is 16.2. The Morgan fingerprint density at radius 1 is 1.00 bits per heavy atom. The van der Waals surface area contributed by atoms with Gasteiger partial charge in [0.15, 0.2) is 0 Å². The molecule has 28 heavy (non-hydrogen) atoms. The van der Waals surface area contributed by atoms with Gasteiger partial charge in [-0.2, -0.15) is 0 Å². The number of urea groups is 1. The summed E-state index contributed by atoms with van der Waals surface area (Å²) in [4.78, 5) is 40.2. The molecule has 3 rings (SSSR count). The van der Waals surface area contributed by atoms with E-state index >= 15 is 0 Å². The molecule has 2 heterocycles. The number of carbonyl (C=O) groups excluding carboxylic acids is 3. The average Bonchev–Trinajstić information content (AvgIpc) is 2.92. The van der Waals surface area contributed by atoms with Crippen LogP contribution in [0.2, 0.25) is 0 Å². The molecule has 1 atom stereocenters. The van der Waals surface area contributed by atoms with Crippen molar-refractivity contribution in [3.8, 4) is 0 Å². The number of benzene rings is 1. The Labute approximate surface area is 166 Å². The summed E-state index contributed by atoms with van der Waals surface area (Å²) in [7, 11) is 0. The molecule has 7 heteroatoms. The Kier molecular flexibility index (Phi) is 6.90. The smallest absolute Gasteiger partial charge is 0.319 e. The van der Waals surface area contributed by atoms with Crippen molar-refractivity contribution in [1.29, 1.82) is 0 Å². The topological polar surface area (TPSA) is 81.8 Å². The maximum atomic E-state index is 12.6. The van der Waals surface area contributed by atoms with Gasteiger partial charge in [0, 0.05) is 49.9 Å². The number of hydrogen-bond acceptors (Lipinski definition) is 3. The van der Waals surface area contributed by atoms with E-state index in [2.05, 4.69) is 10.6 Å². The summed E-state index contributed by atoms with van der Waals surface area (Å²) in [5.41, 5.74) is 1.28. The quantitative estimate of drug-likeness (QED) is 0.816. The third kappa shape index (κ3) is 5.47. The van der Waals surface area contributed by atoms with Crippen LogP contribution in [0.25, 0.3) is 0 Å². The maximum Gasteiger partial charge on any atom is 0.319 e. The van der Waals surface area contributed by atoms with Crippen LogP contribution in [0, 0.1) is 0 Å². The molecule has 0 bridgehead atoms. The first-order valence-electron chi connectivity index (χ1n) is 10.3. The summed E-state index contributed by atoms with van der Waals surface area (Å²) in [6.07, 6.45) is 5.99. The molecule has 1 aromatic rings. The van der Waals surface area contributed by atoms with Crippen molar-refractivity contribution in [3.05, 3.63) is 29.8 Å². The van der Waals surface area contributed by atoms with Gasteiger partial charge in [0.1, 0.15) is 0 Å². The molecule has 1 unspecified atom stereocenters. The maximum absolute atomic E-state index is 12.6. The van der Waals surface area contributed by atoms with Crippen LogP contribution in [0.4, 0.5) is 10.5 Å². The van der Waals surface area contributed by atoms with Crippen molar-refractivity contribution in [3.63, 3.8) is 0 Å². The normalized spacial score (nSPS) is 18.5. The number of amides is 4. The second-order valence-corrected chi connectivity index (χ2v) is 7.73. The van der Waals surface area contributed by atoms with E-state index in [9.17, 15) is 14.4 Å². The summed E-state index contributed by atoms with van der Waals surface area (Å²) in [6.45, 7) is 4.81. The minimum atomic E-state index is -0.314. The largest absolute Gasteiger partial charge is 0.341 e. The number of carbonyl (C=O) groups is 3. The van der Waals surface area contributed by atoms with Crippen LogP contribution < -0.4 is 10.6 Å². The van der Waals surface area contributed by atoms with E-state index in [0.29, 0.717) is 24.2 Å². The summed E-state index contributed by atoms with van der Waals surface area (Å²) in [5, 5.41) is 5.64. The van der Waals surface area contributed by atoms with Crippen molar-refractivity contribution in [2.45, 2.75) is 51.5 Å². The Bertz CT molecular complexity index is 696. The monoisotopic (exact) mass is 386 g/mol. The van der Waals surface area contributed by atoms with E-state index in [0.717, 1.165) is 38.9 Å². The summed E-state index contributed by atoms with van der Waals surface area (Å²) in [5.74, 6) is 0.209. The van der Waals surface area contributed by atoms with Crippen LogP contribution in [0.5, 0.6) is 0 Å². The molecule has 0 aliphatic carbocycles. The molecule has 0 radical (unpaired) electrons. The fourth-order valence-corrected chi connectivity index (χ4v) is 3.82. The first-order chi connectivity index (χ1) is 13.5. The predicted molar refractivity (Wildman–Crippen MR) is 108 cm³/mol. The zero-order chi connectivity index (χ0) is 19.9. The zero-order valence-corrected chi connectivity index (χ0v) is 16.6. The minimum Gasteiger partial charge on any atom is -0.341 e. The molecule has 2 saturated heterocycles. The van der Waals surface area contributed by atoms with Gasteiger partial charge in [-0.05, 0) is 50.5 Å².